The third kappa shape index (κ3) is 8.46. The first kappa shape index (κ1) is 34.1. The maximum Gasteiger partial charge on any atom is 0.374 e. The highest BCUT2D eigenvalue weighted by Crippen LogP contribution is 2.42. The molecule has 2 N–H and O–H groups in total. The zero-order valence-corrected chi connectivity index (χ0v) is 28.3. The average molecular weight is 700 g/mol. The fraction of sp³-hybridized carbons (Fsp3) is 0.162. The molecule has 1 aliphatic heterocycles. The number of fused-ring (bicyclic) bond motifs is 2. The Hall–Kier alpha value is -4.75. The van der Waals surface area contributed by atoms with Crippen molar-refractivity contribution < 1.29 is 39.7 Å². The fourth-order valence-corrected chi connectivity index (χ4v) is 6.53. The molecule has 1 aliphatic rings. The molecule has 0 atom stereocenters. The van der Waals surface area contributed by atoms with E-state index in [1.807, 2.05) is 126 Å². The van der Waals surface area contributed by atoms with E-state index >= 15 is 0 Å². The molecule has 0 unspecified atom stereocenters. The van der Waals surface area contributed by atoms with E-state index in [0.29, 0.717) is 29.5 Å². The summed E-state index contributed by atoms with van der Waals surface area (Å²) in [7, 11) is -8.56. The maximum absolute atomic E-state index is 11.5. The molecule has 0 aliphatic carbocycles. The second-order valence-corrected chi connectivity index (χ2v) is 14.2. The highest BCUT2D eigenvalue weighted by atomic mass is 32.2. The van der Waals surface area contributed by atoms with Gasteiger partial charge >= 0.3 is 5.89 Å². The SMILES string of the molecule is CCC(=Cc1oc2ccc(-c3ccccc3)cc2[n+]1CC[CH-]S(=O)(=O)O)C=C1Oc2ccc(-c3ccccc3)cc2N1CC[CH-]S(=O)(=O)O. The van der Waals surface area contributed by atoms with Gasteiger partial charge in [-0.3, -0.25) is 0 Å². The number of allylic oxidation sites excluding steroid dienone is 2. The van der Waals surface area contributed by atoms with E-state index in [2.05, 4.69) is 0 Å². The lowest BCUT2D eigenvalue weighted by Gasteiger charge is -2.21. The second-order valence-electron chi connectivity index (χ2n) is 11.4. The van der Waals surface area contributed by atoms with Gasteiger partial charge in [-0.1, -0.05) is 79.7 Å². The summed E-state index contributed by atoms with van der Waals surface area (Å²) in [5.41, 5.74) is 6.85. The molecular weight excluding hydrogens is 665 g/mol. The minimum absolute atomic E-state index is 0.0390. The molecule has 10 nitrogen and oxygen atoms in total. The quantitative estimate of drug-likeness (QED) is 0.0728. The minimum Gasteiger partial charge on any atom is -0.439 e. The molecular formula is C37H35N2O8S2-. The third-order valence-corrected chi connectivity index (χ3v) is 9.38. The van der Waals surface area contributed by atoms with Crippen LogP contribution in [0.3, 0.4) is 0 Å². The van der Waals surface area contributed by atoms with Gasteiger partial charge in [-0.05, 0) is 59.0 Å². The molecule has 0 bridgehead atoms. The van der Waals surface area contributed by atoms with Crippen molar-refractivity contribution in [3.8, 4) is 28.0 Å². The van der Waals surface area contributed by atoms with E-state index in [0.717, 1.165) is 50.5 Å². The molecule has 0 spiro atoms. The first-order chi connectivity index (χ1) is 23.5. The molecule has 0 fully saturated rings. The summed E-state index contributed by atoms with van der Waals surface area (Å²) in [6.07, 6.45) is 4.35. The Morgan fingerprint density at radius 2 is 1.41 bits per heavy atom. The number of nitrogens with zero attached hydrogens (tertiary/aromatic N) is 2. The topological polar surface area (TPSA) is 138 Å². The zero-order valence-electron chi connectivity index (χ0n) is 26.6. The van der Waals surface area contributed by atoms with Gasteiger partial charge < -0.3 is 23.2 Å². The van der Waals surface area contributed by atoms with Crippen molar-refractivity contribution in [2.45, 2.75) is 32.7 Å². The van der Waals surface area contributed by atoms with Crippen LogP contribution in [0.4, 0.5) is 5.69 Å². The van der Waals surface area contributed by atoms with Crippen LogP contribution in [0.2, 0.25) is 0 Å². The van der Waals surface area contributed by atoms with Crippen LogP contribution >= 0.6 is 0 Å². The smallest absolute Gasteiger partial charge is 0.374 e. The maximum atomic E-state index is 11.5. The lowest BCUT2D eigenvalue weighted by molar-refractivity contribution is -0.677. The summed E-state index contributed by atoms with van der Waals surface area (Å²) < 4.78 is 79.2. The van der Waals surface area contributed by atoms with Crippen LogP contribution in [-0.2, 0) is 26.8 Å². The molecule has 6 rings (SSSR count). The van der Waals surface area contributed by atoms with Crippen molar-refractivity contribution in [3.05, 3.63) is 132 Å². The summed E-state index contributed by atoms with van der Waals surface area (Å²) in [5, 5.41) is 0. The molecule has 0 saturated heterocycles. The fourth-order valence-electron chi connectivity index (χ4n) is 5.72. The monoisotopic (exact) mass is 699 g/mol. The van der Waals surface area contributed by atoms with Gasteiger partial charge in [0.15, 0.2) is 5.75 Å². The normalized spacial score (nSPS) is 14.4. The van der Waals surface area contributed by atoms with Crippen LogP contribution in [0.25, 0.3) is 39.4 Å². The molecule has 4 aromatic carbocycles. The molecule has 0 radical (unpaired) electrons. The molecule has 1 aromatic heterocycles. The number of benzene rings is 4. The first-order valence-corrected chi connectivity index (χ1v) is 18.7. The highest BCUT2D eigenvalue weighted by Gasteiger charge is 2.27. The van der Waals surface area contributed by atoms with Crippen molar-refractivity contribution in [1.29, 1.82) is 0 Å². The number of oxazole rings is 1. The Labute approximate surface area is 286 Å². The van der Waals surface area contributed by atoms with Crippen molar-refractivity contribution in [2.75, 3.05) is 11.4 Å². The van der Waals surface area contributed by atoms with Gasteiger partial charge in [0.1, 0.15) is 26.8 Å². The van der Waals surface area contributed by atoms with Crippen molar-refractivity contribution in [2.24, 2.45) is 0 Å². The predicted octanol–water partition coefficient (Wildman–Crippen LogP) is 7.47. The molecule has 0 amide bonds. The van der Waals surface area contributed by atoms with E-state index in [1.54, 1.807) is 0 Å². The largest absolute Gasteiger partial charge is 0.439 e. The van der Waals surface area contributed by atoms with Crippen LogP contribution in [0.5, 0.6) is 5.75 Å². The van der Waals surface area contributed by atoms with Gasteiger partial charge in [-0.15, -0.1) is 12.8 Å². The average Bonchev–Trinajstić information content (AvgIpc) is 3.60. The number of aromatic nitrogens is 1. The van der Waals surface area contributed by atoms with Crippen molar-refractivity contribution in [3.63, 3.8) is 0 Å². The Kier molecular flexibility index (Phi) is 10.0. The van der Waals surface area contributed by atoms with E-state index < -0.39 is 20.2 Å². The first-order valence-electron chi connectivity index (χ1n) is 15.7. The Balaban J connectivity index is 1.39. The summed E-state index contributed by atoms with van der Waals surface area (Å²) in [6, 6.07) is 31.3. The summed E-state index contributed by atoms with van der Waals surface area (Å²) in [4.78, 5) is 1.87. The summed E-state index contributed by atoms with van der Waals surface area (Å²) in [5.74, 6) is 3.26. The van der Waals surface area contributed by atoms with Crippen LogP contribution in [0.1, 0.15) is 32.1 Å². The van der Waals surface area contributed by atoms with Gasteiger partial charge in [-0.25, -0.2) is 16.8 Å². The number of hydrogen-bond donors (Lipinski definition) is 2. The zero-order chi connectivity index (χ0) is 34.6. The molecule has 2 heterocycles. The van der Waals surface area contributed by atoms with Crippen molar-refractivity contribution >= 4 is 43.1 Å². The Bertz CT molecular complexity index is 2250. The second kappa shape index (κ2) is 14.4. The van der Waals surface area contributed by atoms with Gasteiger partial charge in [0.05, 0.1) is 11.8 Å². The van der Waals surface area contributed by atoms with Crippen molar-refractivity contribution in [1.82, 2.24) is 0 Å². The molecule has 49 heavy (non-hydrogen) atoms. The standard InChI is InChI=1S/C37H35N2O8S2/c1-2-27(23-36-38(19-9-21-48(40,41)42)32-25-30(15-17-34(32)46-36)28-11-5-3-6-12-28)24-37-39(20-10-22-49(43,44)45)33-26-31(16-18-35(33)47-37)29-13-7-4-8-14-29/h3-8,11-18,21-26H,2,9-10,19-20H2,1H3,(H,40,41,42)(H,43,44,45)/q-1. The van der Waals surface area contributed by atoms with Gasteiger partial charge in [-0.2, -0.15) is 16.1 Å². The molecule has 12 heteroatoms. The van der Waals surface area contributed by atoms with Crippen LogP contribution in [0.15, 0.2) is 119 Å². The van der Waals surface area contributed by atoms with Gasteiger partial charge in [0, 0.05) is 12.1 Å². The Morgan fingerprint density at radius 1 is 0.796 bits per heavy atom. The van der Waals surface area contributed by atoms with Crippen LogP contribution in [0, 0.1) is 11.5 Å². The molecule has 0 saturated carbocycles. The predicted molar refractivity (Wildman–Crippen MR) is 189 cm³/mol. The number of ether oxygens (including phenoxy) is 1. The lowest BCUT2D eigenvalue weighted by Crippen LogP contribution is -2.35. The molecule has 5 aromatic rings. The van der Waals surface area contributed by atoms with E-state index in [-0.39, 0.29) is 25.9 Å². The van der Waals surface area contributed by atoms with Gasteiger partial charge in [0.25, 0.3) is 5.52 Å². The third-order valence-electron chi connectivity index (χ3n) is 8.06. The summed E-state index contributed by atoms with van der Waals surface area (Å²) >= 11 is 0. The summed E-state index contributed by atoms with van der Waals surface area (Å²) in [6.45, 7) is 2.40. The number of rotatable bonds is 13. The number of anilines is 1. The molecule has 254 valence electrons. The van der Waals surface area contributed by atoms with E-state index in [9.17, 15) is 25.9 Å². The highest BCUT2D eigenvalue weighted by molar-refractivity contribution is 7.88. The van der Waals surface area contributed by atoms with E-state index in [1.165, 1.54) is 0 Å². The minimum atomic E-state index is -4.28. The van der Waals surface area contributed by atoms with E-state index in [4.69, 9.17) is 9.15 Å². The lowest BCUT2D eigenvalue weighted by atomic mass is 10.0. The van der Waals surface area contributed by atoms with Crippen LogP contribution in [-0.4, -0.2) is 32.5 Å². The number of hydrogen-bond acceptors (Lipinski definition) is 7. The number of aryl methyl sites for hydroxylation is 1. The van der Waals surface area contributed by atoms with Gasteiger partial charge in [0.2, 0.25) is 11.5 Å². The Morgan fingerprint density at radius 3 is 2.04 bits per heavy atom. The van der Waals surface area contributed by atoms with Crippen LogP contribution < -0.4 is 14.2 Å².